The molecule has 1 aromatic heterocycles. The summed E-state index contributed by atoms with van der Waals surface area (Å²) in [6, 6.07) is 0. The second-order valence-electron chi connectivity index (χ2n) is 4.04. The van der Waals surface area contributed by atoms with Gasteiger partial charge in [-0.1, -0.05) is 6.92 Å². The second-order valence-corrected chi connectivity index (χ2v) is 4.04. The predicted octanol–water partition coefficient (Wildman–Crippen LogP) is -0.0546. The summed E-state index contributed by atoms with van der Waals surface area (Å²) in [5, 5.41) is 16.3. The fourth-order valence-electron chi connectivity index (χ4n) is 1.07. The van der Waals surface area contributed by atoms with E-state index in [0.717, 1.165) is 0 Å². The minimum absolute atomic E-state index is 0.0933. The topological polar surface area (TPSA) is 80.0 Å². The first kappa shape index (κ1) is 12.6. The zero-order valence-electron chi connectivity index (χ0n) is 9.68. The standard InChI is InChI=1S/C10H18N4O2/c1-3-10(2,16)6-12-9(15)4-5-14-8-11-7-13-14/h7-8,16H,3-6H2,1-2H3,(H,12,15). The zero-order valence-corrected chi connectivity index (χ0v) is 9.68. The van der Waals surface area contributed by atoms with E-state index >= 15 is 0 Å². The van der Waals surface area contributed by atoms with Crippen molar-refractivity contribution in [3.8, 4) is 0 Å². The second kappa shape index (κ2) is 5.60. The van der Waals surface area contributed by atoms with Crippen LogP contribution in [0.2, 0.25) is 0 Å². The van der Waals surface area contributed by atoms with Crippen LogP contribution in [-0.2, 0) is 11.3 Å². The molecule has 0 saturated carbocycles. The Balaban J connectivity index is 2.21. The summed E-state index contributed by atoms with van der Waals surface area (Å²) in [7, 11) is 0. The SMILES string of the molecule is CCC(C)(O)CNC(=O)CCn1cncn1. The van der Waals surface area contributed by atoms with Crippen LogP contribution in [0, 0.1) is 0 Å². The molecule has 90 valence electrons. The van der Waals surface area contributed by atoms with Crippen molar-refractivity contribution in [1.82, 2.24) is 20.1 Å². The average molecular weight is 226 g/mol. The summed E-state index contributed by atoms with van der Waals surface area (Å²) in [5.41, 5.74) is -0.830. The summed E-state index contributed by atoms with van der Waals surface area (Å²) in [6.07, 6.45) is 3.94. The van der Waals surface area contributed by atoms with Crippen molar-refractivity contribution < 1.29 is 9.90 Å². The first-order chi connectivity index (χ1) is 7.53. The molecule has 0 aliphatic rings. The molecule has 0 aliphatic heterocycles. The molecule has 0 bridgehead atoms. The number of aryl methyl sites for hydroxylation is 1. The molecule has 2 N–H and O–H groups in total. The maximum absolute atomic E-state index is 11.4. The normalized spacial score (nSPS) is 14.4. The van der Waals surface area contributed by atoms with Gasteiger partial charge < -0.3 is 10.4 Å². The number of nitrogens with zero attached hydrogens (tertiary/aromatic N) is 3. The van der Waals surface area contributed by atoms with Crippen LogP contribution in [0.5, 0.6) is 0 Å². The van der Waals surface area contributed by atoms with Crippen molar-refractivity contribution in [1.29, 1.82) is 0 Å². The molecule has 1 aromatic rings. The Morgan fingerprint density at radius 1 is 1.62 bits per heavy atom. The van der Waals surface area contributed by atoms with E-state index in [9.17, 15) is 9.90 Å². The van der Waals surface area contributed by atoms with Crippen molar-refractivity contribution in [2.45, 2.75) is 38.8 Å². The van der Waals surface area contributed by atoms with E-state index in [2.05, 4.69) is 15.4 Å². The molecule has 0 saturated heterocycles. The molecule has 0 spiro atoms. The van der Waals surface area contributed by atoms with Gasteiger partial charge in [0, 0.05) is 13.0 Å². The Hall–Kier alpha value is -1.43. The van der Waals surface area contributed by atoms with Gasteiger partial charge in [-0.05, 0) is 13.3 Å². The number of aromatic nitrogens is 3. The molecule has 0 radical (unpaired) electrons. The van der Waals surface area contributed by atoms with Crippen molar-refractivity contribution >= 4 is 5.91 Å². The molecule has 16 heavy (non-hydrogen) atoms. The minimum Gasteiger partial charge on any atom is -0.388 e. The maximum Gasteiger partial charge on any atom is 0.221 e. The van der Waals surface area contributed by atoms with E-state index in [1.165, 1.54) is 6.33 Å². The molecule has 0 fully saturated rings. The Bertz CT molecular complexity index is 322. The van der Waals surface area contributed by atoms with E-state index in [1.54, 1.807) is 17.9 Å². The Kier molecular flexibility index (Phi) is 4.42. The number of amides is 1. The van der Waals surface area contributed by atoms with Crippen molar-refractivity contribution in [2.24, 2.45) is 0 Å². The largest absolute Gasteiger partial charge is 0.388 e. The zero-order chi connectivity index (χ0) is 12.0. The highest BCUT2D eigenvalue weighted by molar-refractivity contribution is 5.75. The fraction of sp³-hybridized carbons (Fsp3) is 0.700. The third kappa shape index (κ3) is 4.39. The maximum atomic E-state index is 11.4. The number of hydrogen-bond acceptors (Lipinski definition) is 4. The van der Waals surface area contributed by atoms with Crippen LogP contribution in [0.1, 0.15) is 26.7 Å². The van der Waals surface area contributed by atoms with Gasteiger partial charge >= 0.3 is 0 Å². The number of carbonyl (C=O) groups is 1. The first-order valence-electron chi connectivity index (χ1n) is 5.35. The fourth-order valence-corrected chi connectivity index (χ4v) is 1.07. The number of rotatable bonds is 6. The van der Waals surface area contributed by atoms with Gasteiger partial charge in [-0.3, -0.25) is 9.48 Å². The minimum atomic E-state index is -0.830. The van der Waals surface area contributed by atoms with E-state index in [4.69, 9.17) is 0 Å². The molecular weight excluding hydrogens is 208 g/mol. The molecule has 1 heterocycles. The molecule has 1 atom stereocenters. The van der Waals surface area contributed by atoms with Gasteiger partial charge in [-0.2, -0.15) is 5.10 Å². The lowest BCUT2D eigenvalue weighted by Crippen LogP contribution is -2.40. The van der Waals surface area contributed by atoms with Crippen molar-refractivity contribution in [3.63, 3.8) is 0 Å². The molecule has 0 aromatic carbocycles. The Morgan fingerprint density at radius 3 is 2.94 bits per heavy atom. The third-order valence-corrected chi connectivity index (χ3v) is 2.46. The van der Waals surface area contributed by atoms with E-state index in [1.807, 2.05) is 6.92 Å². The Morgan fingerprint density at radius 2 is 2.38 bits per heavy atom. The highest BCUT2D eigenvalue weighted by Gasteiger charge is 2.18. The van der Waals surface area contributed by atoms with Crippen LogP contribution >= 0.6 is 0 Å². The van der Waals surface area contributed by atoms with Gasteiger partial charge in [0.15, 0.2) is 0 Å². The predicted molar refractivity (Wildman–Crippen MR) is 58.6 cm³/mol. The number of carbonyl (C=O) groups excluding carboxylic acids is 1. The van der Waals surface area contributed by atoms with Crippen LogP contribution in [-0.4, -0.2) is 37.9 Å². The third-order valence-electron chi connectivity index (χ3n) is 2.46. The van der Waals surface area contributed by atoms with Gasteiger partial charge in [-0.15, -0.1) is 0 Å². The summed E-state index contributed by atoms with van der Waals surface area (Å²) in [6.45, 7) is 4.35. The van der Waals surface area contributed by atoms with Crippen LogP contribution in [0.4, 0.5) is 0 Å². The Labute approximate surface area is 94.7 Å². The summed E-state index contributed by atoms with van der Waals surface area (Å²) >= 11 is 0. The lowest BCUT2D eigenvalue weighted by Gasteiger charge is -2.21. The van der Waals surface area contributed by atoms with Crippen LogP contribution in [0.25, 0.3) is 0 Å². The summed E-state index contributed by atoms with van der Waals surface area (Å²) in [4.78, 5) is 15.2. The average Bonchev–Trinajstić information content (AvgIpc) is 2.76. The molecule has 6 nitrogen and oxygen atoms in total. The lowest BCUT2D eigenvalue weighted by molar-refractivity contribution is -0.122. The number of hydrogen-bond donors (Lipinski definition) is 2. The van der Waals surface area contributed by atoms with Crippen molar-refractivity contribution in [3.05, 3.63) is 12.7 Å². The molecule has 1 rings (SSSR count). The van der Waals surface area contributed by atoms with Gasteiger partial charge in [-0.25, -0.2) is 4.98 Å². The van der Waals surface area contributed by atoms with Crippen LogP contribution < -0.4 is 5.32 Å². The number of aliphatic hydroxyl groups is 1. The molecule has 0 aliphatic carbocycles. The van der Waals surface area contributed by atoms with Gasteiger partial charge in [0.25, 0.3) is 0 Å². The van der Waals surface area contributed by atoms with Gasteiger partial charge in [0.1, 0.15) is 12.7 Å². The molecule has 1 amide bonds. The summed E-state index contributed by atoms with van der Waals surface area (Å²) < 4.78 is 1.59. The van der Waals surface area contributed by atoms with Crippen LogP contribution in [0.3, 0.4) is 0 Å². The summed E-state index contributed by atoms with van der Waals surface area (Å²) in [5.74, 6) is -0.0933. The number of nitrogens with one attached hydrogen (secondary N) is 1. The molecular formula is C10H18N4O2. The molecule has 1 unspecified atom stereocenters. The monoisotopic (exact) mass is 226 g/mol. The first-order valence-corrected chi connectivity index (χ1v) is 5.35. The quantitative estimate of drug-likeness (QED) is 0.712. The highest BCUT2D eigenvalue weighted by atomic mass is 16.3. The van der Waals surface area contributed by atoms with Crippen LogP contribution in [0.15, 0.2) is 12.7 Å². The lowest BCUT2D eigenvalue weighted by atomic mass is 10.0. The molecule has 6 heteroatoms. The van der Waals surface area contributed by atoms with Crippen molar-refractivity contribution in [2.75, 3.05) is 6.54 Å². The van der Waals surface area contributed by atoms with Gasteiger partial charge in [0.05, 0.1) is 12.1 Å². The van der Waals surface area contributed by atoms with E-state index in [-0.39, 0.29) is 12.5 Å². The van der Waals surface area contributed by atoms with E-state index in [0.29, 0.717) is 19.4 Å². The van der Waals surface area contributed by atoms with E-state index < -0.39 is 5.60 Å². The van der Waals surface area contributed by atoms with Gasteiger partial charge in [0.2, 0.25) is 5.91 Å². The highest BCUT2D eigenvalue weighted by Crippen LogP contribution is 2.05. The smallest absolute Gasteiger partial charge is 0.221 e.